The summed E-state index contributed by atoms with van der Waals surface area (Å²) in [6, 6.07) is 13.9. The van der Waals surface area contributed by atoms with Gasteiger partial charge in [0.25, 0.3) is 0 Å². The van der Waals surface area contributed by atoms with Crippen molar-refractivity contribution in [1.29, 1.82) is 0 Å². The predicted octanol–water partition coefficient (Wildman–Crippen LogP) is 4.60. The van der Waals surface area contributed by atoms with Crippen molar-refractivity contribution < 1.29 is 13.9 Å². The largest absolute Gasteiger partial charge is 0.376 e. The van der Waals surface area contributed by atoms with Crippen molar-refractivity contribution in [3.63, 3.8) is 0 Å². The zero-order valence-corrected chi connectivity index (χ0v) is 18.7. The van der Waals surface area contributed by atoms with E-state index in [9.17, 15) is 9.18 Å². The van der Waals surface area contributed by atoms with E-state index < -0.39 is 0 Å². The lowest BCUT2D eigenvalue weighted by Gasteiger charge is -2.14. The van der Waals surface area contributed by atoms with Gasteiger partial charge in [0.1, 0.15) is 5.82 Å². The van der Waals surface area contributed by atoms with E-state index in [0.29, 0.717) is 22.7 Å². The zero-order chi connectivity index (χ0) is 21.9. The average Bonchev–Trinajstić information content (AvgIpc) is 3.53. The van der Waals surface area contributed by atoms with E-state index in [4.69, 9.17) is 4.74 Å². The Kier molecular flexibility index (Phi) is 6.15. The fourth-order valence-corrected chi connectivity index (χ4v) is 5.21. The summed E-state index contributed by atoms with van der Waals surface area (Å²) < 4.78 is 22.2. The van der Waals surface area contributed by atoms with E-state index in [1.165, 1.54) is 35.2 Å². The number of thioether (sulfide) groups is 1. The molecule has 0 spiro atoms. The standard InChI is InChI=1S/C22H20FN5O2S2/c23-15-9-7-14(8-10-15)20-26-27-22(28(20)12-16-4-3-11-30-16)31-13-19(29)25-21-24-17-5-1-2-6-18(17)32-21/h1-2,5-10,16H,3-4,11-13H2,(H,24,25,29). The summed E-state index contributed by atoms with van der Waals surface area (Å²) in [5.74, 6) is 0.335. The van der Waals surface area contributed by atoms with Gasteiger partial charge in [-0.05, 0) is 49.2 Å². The molecule has 2 aromatic carbocycles. The van der Waals surface area contributed by atoms with Gasteiger partial charge in [-0.15, -0.1) is 10.2 Å². The summed E-state index contributed by atoms with van der Waals surface area (Å²) in [6.45, 7) is 1.33. The molecule has 0 saturated carbocycles. The van der Waals surface area contributed by atoms with Crippen LogP contribution in [-0.2, 0) is 16.1 Å². The summed E-state index contributed by atoms with van der Waals surface area (Å²) in [6.07, 6.45) is 2.05. The monoisotopic (exact) mass is 469 g/mol. The van der Waals surface area contributed by atoms with Gasteiger partial charge in [0.2, 0.25) is 5.91 Å². The van der Waals surface area contributed by atoms with Gasteiger partial charge < -0.3 is 10.1 Å². The molecule has 1 aliphatic heterocycles. The van der Waals surface area contributed by atoms with Gasteiger partial charge in [-0.2, -0.15) is 0 Å². The maximum Gasteiger partial charge on any atom is 0.236 e. The number of para-hydroxylation sites is 1. The topological polar surface area (TPSA) is 81.9 Å². The number of anilines is 1. The number of hydrogen-bond acceptors (Lipinski definition) is 7. The van der Waals surface area contributed by atoms with E-state index in [2.05, 4.69) is 20.5 Å². The lowest BCUT2D eigenvalue weighted by atomic mass is 10.2. The first-order valence-corrected chi connectivity index (χ1v) is 12.0. The third-order valence-corrected chi connectivity index (χ3v) is 7.02. The van der Waals surface area contributed by atoms with Crippen molar-refractivity contribution in [3.05, 3.63) is 54.3 Å². The molecule has 0 aliphatic carbocycles. The van der Waals surface area contributed by atoms with Crippen LogP contribution in [0.25, 0.3) is 21.6 Å². The van der Waals surface area contributed by atoms with Gasteiger partial charge in [-0.3, -0.25) is 9.36 Å². The number of rotatable bonds is 7. The Morgan fingerprint density at radius 1 is 1.22 bits per heavy atom. The lowest BCUT2D eigenvalue weighted by Crippen LogP contribution is -2.18. The minimum absolute atomic E-state index is 0.0705. The van der Waals surface area contributed by atoms with Crippen molar-refractivity contribution in [2.45, 2.75) is 30.6 Å². The number of fused-ring (bicyclic) bond motifs is 1. The van der Waals surface area contributed by atoms with Crippen LogP contribution < -0.4 is 5.32 Å². The number of hydrogen-bond donors (Lipinski definition) is 1. The Morgan fingerprint density at radius 3 is 2.84 bits per heavy atom. The Hall–Kier alpha value is -2.82. The number of ether oxygens (including phenoxy) is 1. The molecule has 0 bridgehead atoms. The van der Waals surface area contributed by atoms with Crippen LogP contribution in [0.15, 0.2) is 53.7 Å². The number of amides is 1. The van der Waals surface area contributed by atoms with Crippen LogP contribution in [0.5, 0.6) is 0 Å². The van der Waals surface area contributed by atoms with Crippen LogP contribution in [0.2, 0.25) is 0 Å². The molecule has 1 amide bonds. The number of nitrogens with one attached hydrogen (secondary N) is 1. The predicted molar refractivity (Wildman–Crippen MR) is 123 cm³/mol. The van der Waals surface area contributed by atoms with E-state index in [1.807, 2.05) is 28.8 Å². The van der Waals surface area contributed by atoms with Gasteiger partial charge in [0, 0.05) is 12.2 Å². The highest BCUT2D eigenvalue weighted by Gasteiger charge is 2.22. The van der Waals surface area contributed by atoms with Gasteiger partial charge in [0.15, 0.2) is 16.1 Å². The van der Waals surface area contributed by atoms with Crippen molar-refractivity contribution in [1.82, 2.24) is 19.7 Å². The first-order valence-electron chi connectivity index (χ1n) is 10.2. The second-order valence-corrected chi connectivity index (χ2v) is 9.36. The van der Waals surface area contributed by atoms with E-state index in [1.54, 1.807) is 12.1 Å². The minimum Gasteiger partial charge on any atom is -0.376 e. The molecule has 1 atom stereocenters. The summed E-state index contributed by atoms with van der Waals surface area (Å²) in [4.78, 5) is 17.0. The maximum atomic E-state index is 13.4. The first-order chi connectivity index (χ1) is 15.7. The summed E-state index contributed by atoms with van der Waals surface area (Å²) in [5, 5.41) is 12.7. The van der Waals surface area contributed by atoms with Gasteiger partial charge in [0.05, 0.1) is 28.6 Å². The maximum absolute atomic E-state index is 13.4. The van der Waals surface area contributed by atoms with E-state index in [-0.39, 0.29) is 23.6 Å². The third-order valence-electron chi connectivity index (χ3n) is 5.10. The molecule has 10 heteroatoms. The summed E-state index contributed by atoms with van der Waals surface area (Å²) in [5.41, 5.74) is 1.63. The fourth-order valence-electron chi connectivity index (χ4n) is 3.58. The number of aromatic nitrogens is 4. The molecular weight excluding hydrogens is 449 g/mol. The summed E-state index contributed by atoms with van der Waals surface area (Å²) >= 11 is 2.75. The van der Waals surface area contributed by atoms with Gasteiger partial charge >= 0.3 is 0 Å². The number of carbonyl (C=O) groups excluding carboxylic acids is 1. The fraction of sp³-hybridized carbons (Fsp3) is 0.273. The van der Waals surface area contributed by atoms with Gasteiger partial charge in [-0.1, -0.05) is 35.2 Å². The molecule has 1 unspecified atom stereocenters. The number of thiazole rings is 1. The molecule has 2 aromatic heterocycles. The quantitative estimate of drug-likeness (QED) is 0.398. The normalized spacial score (nSPS) is 16.0. The van der Waals surface area contributed by atoms with Crippen molar-refractivity contribution in [2.24, 2.45) is 0 Å². The molecule has 1 aliphatic rings. The zero-order valence-electron chi connectivity index (χ0n) is 17.0. The molecule has 164 valence electrons. The Morgan fingerprint density at radius 2 is 2.06 bits per heavy atom. The van der Waals surface area contributed by atoms with Crippen molar-refractivity contribution >= 4 is 44.4 Å². The second-order valence-electron chi connectivity index (χ2n) is 7.38. The van der Waals surface area contributed by atoms with Crippen molar-refractivity contribution in [2.75, 3.05) is 17.7 Å². The molecule has 0 radical (unpaired) electrons. The molecule has 1 N–H and O–H groups in total. The van der Waals surface area contributed by atoms with Crippen LogP contribution in [0, 0.1) is 5.82 Å². The molecule has 1 fully saturated rings. The van der Waals surface area contributed by atoms with Crippen LogP contribution >= 0.6 is 23.1 Å². The highest BCUT2D eigenvalue weighted by atomic mass is 32.2. The highest BCUT2D eigenvalue weighted by molar-refractivity contribution is 7.99. The van der Waals surface area contributed by atoms with Crippen LogP contribution in [0.4, 0.5) is 9.52 Å². The SMILES string of the molecule is O=C(CSc1nnc(-c2ccc(F)cc2)n1CC1CCCO1)Nc1nc2ccccc2s1. The Balaban J connectivity index is 1.31. The molecular formula is C22H20FN5O2S2. The molecule has 4 aromatic rings. The number of carbonyl (C=O) groups is 1. The van der Waals surface area contributed by atoms with Crippen molar-refractivity contribution in [3.8, 4) is 11.4 Å². The lowest BCUT2D eigenvalue weighted by molar-refractivity contribution is -0.113. The van der Waals surface area contributed by atoms with Crippen LogP contribution in [0.1, 0.15) is 12.8 Å². The highest BCUT2D eigenvalue weighted by Crippen LogP contribution is 2.28. The molecule has 3 heterocycles. The summed E-state index contributed by atoms with van der Waals surface area (Å²) in [7, 11) is 0. The molecule has 32 heavy (non-hydrogen) atoms. The Bertz CT molecular complexity index is 1200. The van der Waals surface area contributed by atoms with Crippen LogP contribution in [-0.4, -0.2) is 44.1 Å². The van der Waals surface area contributed by atoms with Crippen LogP contribution in [0.3, 0.4) is 0 Å². The van der Waals surface area contributed by atoms with E-state index in [0.717, 1.165) is 35.2 Å². The second kappa shape index (κ2) is 9.35. The minimum atomic E-state index is -0.306. The van der Waals surface area contributed by atoms with E-state index >= 15 is 0 Å². The molecule has 1 saturated heterocycles. The molecule has 7 nitrogen and oxygen atoms in total. The number of benzene rings is 2. The first kappa shape index (κ1) is 21.0. The molecule has 5 rings (SSSR count). The number of nitrogens with zero attached hydrogens (tertiary/aromatic N) is 4. The smallest absolute Gasteiger partial charge is 0.236 e. The van der Waals surface area contributed by atoms with Gasteiger partial charge in [-0.25, -0.2) is 9.37 Å². The third kappa shape index (κ3) is 4.67. The average molecular weight is 470 g/mol. The Labute approximate surface area is 192 Å². The number of halogens is 1.